The van der Waals surface area contributed by atoms with Crippen molar-refractivity contribution >= 4 is 36.7 Å². The summed E-state index contributed by atoms with van der Waals surface area (Å²) in [6.45, 7) is 4.36. The van der Waals surface area contributed by atoms with Crippen molar-refractivity contribution < 1.29 is 41.8 Å². The lowest BCUT2D eigenvalue weighted by atomic mass is 10.1. The molecule has 190 valence electrons. The molecule has 33 heavy (non-hydrogen) atoms. The number of allylic oxidation sites excluding steroid dienone is 2. The molecule has 0 bridgehead atoms. The summed E-state index contributed by atoms with van der Waals surface area (Å²) in [5.74, 6) is -0.498. The Morgan fingerprint density at radius 3 is 2.67 bits per heavy atom. The van der Waals surface area contributed by atoms with E-state index < -0.39 is 24.8 Å². The lowest BCUT2D eigenvalue weighted by Crippen LogP contribution is -2.42. The van der Waals surface area contributed by atoms with E-state index in [4.69, 9.17) is 33.7 Å². The molecule has 0 saturated heterocycles. The number of ether oxygens (including phenoxy) is 3. The average Bonchev–Trinajstić information content (AvgIpc) is 3.15. The maximum Gasteiger partial charge on any atom is 0.495 e. The van der Waals surface area contributed by atoms with Gasteiger partial charge in [0.15, 0.2) is 0 Å². The summed E-state index contributed by atoms with van der Waals surface area (Å²) in [5.41, 5.74) is 0.972. The highest BCUT2D eigenvalue weighted by Gasteiger charge is 2.33. The smallest absolute Gasteiger partial charge is 0.464 e. The number of rotatable bonds is 15. The fourth-order valence-electron chi connectivity index (χ4n) is 3.23. The first-order chi connectivity index (χ1) is 15.5. The minimum Gasteiger partial charge on any atom is -0.464 e. The van der Waals surface area contributed by atoms with Crippen LogP contribution < -0.4 is 10.5 Å². The van der Waals surface area contributed by atoms with Crippen LogP contribution in [0.1, 0.15) is 19.8 Å². The molecule has 0 fully saturated rings. The number of nitrogens with zero attached hydrogens (tertiary/aromatic N) is 1. The fraction of sp³-hybridized carbons (Fsp3) is 0.722. The quantitative estimate of drug-likeness (QED) is 0.0731. The zero-order chi connectivity index (χ0) is 24.5. The molecule has 0 spiro atoms. The first kappa shape index (κ1) is 28.4. The Labute approximate surface area is 199 Å². The van der Waals surface area contributed by atoms with Gasteiger partial charge in [-0.2, -0.15) is 0 Å². The Kier molecular flexibility index (Phi) is 11.4. The molecular weight excluding hydrogens is 494 g/mol. The lowest BCUT2D eigenvalue weighted by molar-refractivity contribution is -0.149. The van der Waals surface area contributed by atoms with Crippen molar-refractivity contribution in [2.75, 3.05) is 52.7 Å². The molecule has 0 radical (unpaired) electrons. The number of hydrogen-bond acceptors (Lipinski definition) is 12. The van der Waals surface area contributed by atoms with Gasteiger partial charge in [-0.3, -0.25) is 0 Å². The van der Waals surface area contributed by atoms with Crippen LogP contribution in [0.5, 0.6) is 0 Å². The number of nitrogens with one attached hydrogen (secondary N) is 1. The summed E-state index contributed by atoms with van der Waals surface area (Å²) in [6.07, 6.45) is 2.58. The maximum absolute atomic E-state index is 11.7. The van der Waals surface area contributed by atoms with E-state index in [1.165, 1.54) is 11.9 Å². The minimum absolute atomic E-state index is 0.00886. The Hall–Kier alpha value is -0.853. The van der Waals surface area contributed by atoms with Gasteiger partial charge in [0.2, 0.25) is 10.0 Å². The molecule has 1 atom stereocenters. The minimum atomic E-state index is -4.08. The number of sulfonamides is 1. The van der Waals surface area contributed by atoms with Crippen molar-refractivity contribution in [1.29, 1.82) is 0 Å². The van der Waals surface area contributed by atoms with E-state index in [2.05, 4.69) is 9.62 Å². The topological polar surface area (TPSA) is 181 Å². The van der Waals surface area contributed by atoms with Crippen molar-refractivity contribution in [1.82, 2.24) is 9.62 Å². The van der Waals surface area contributed by atoms with Gasteiger partial charge >= 0.3 is 14.8 Å². The van der Waals surface area contributed by atoms with Crippen LogP contribution >= 0.6 is 11.9 Å². The van der Waals surface area contributed by atoms with Crippen molar-refractivity contribution in [3.05, 3.63) is 21.5 Å². The second-order valence-corrected chi connectivity index (χ2v) is 12.4. The highest BCUT2D eigenvalue weighted by atomic mass is 32.2. The average molecular weight is 528 g/mol. The molecule has 1 heterocycles. The van der Waals surface area contributed by atoms with Gasteiger partial charge in [-0.15, -0.1) is 0 Å². The highest BCUT2D eigenvalue weighted by molar-refractivity contribution is 8.01. The van der Waals surface area contributed by atoms with E-state index in [1.54, 1.807) is 6.08 Å². The van der Waals surface area contributed by atoms with Gasteiger partial charge in [0.05, 0.1) is 31.3 Å². The summed E-state index contributed by atoms with van der Waals surface area (Å²) >= 11 is 1.51. The molecule has 1 aliphatic heterocycles. The molecule has 0 saturated carbocycles. The van der Waals surface area contributed by atoms with Crippen molar-refractivity contribution in [2.24, 2.45) is 5.14 Å². The van der Waals surface area contributed by atoms with E-state index in [0.717, 1.165) is 17.0 Å². The summed E-state index contributed by atoms with van der Waals surface area (Å²) in [7, 11) is -7.80. The fourth-order valence-corrected chi connectivity index (χ4v) is 5.66. The molecular formula is C18H33N3O9S2Si. The van der Waals surface area contributed by atoms with Crippen LogP contribution in [-0.4, -0.2) is 101 Å². The SMILES string of the molecule is CCN[C@H]1CN(CCCOC(=O)COCCOCC[Si](O)(O)O)SC2=C1C=C(S(N)(=O)=O)C2. The predicted octanol–water partition coefficient (Wildman–Crippen LogP) is -1.36. The monoisotopic (exact) mass is 527 g/mol. The molecule has 0 unspecified atom stereocenters. The molecule has 0 aromatic heterocycles. The number of esters is 1. The predicted molar refractivity (Wildman–Crippen MR) is 124 cm³/mol. The van der Waals surface area contributed by atoms with Gasteiger partial charge in [-0.25, -0.2) is 22.7 Å². The summed E-state index contributed by atoms with van der Waals surface area (Å²) in [4.78, 5) is 39.4. The number of likely N-dealkylation sites (N-methyl/N-ethyl adjacent to an activating group) is 1. The lowest BCUT2D eigenvalue weighted by Gasteiger charge is -2.33. The molecule has 0 amide bonds. The van der Waals surface area contributed by atoms with E-state index in [9.17, 15) is 13.2 Å². The zero-order valence-corrected chi connectivity index (χ0v) is 21.2. The number of carbonyl (C=O) groups is 1. The van der Waals surface area contributed by atoms with Crippen LogP contribution in [0.4, 0.5) is 0 Å². The number of primary sulfonamides is 1. The Morgan fingerprint density at radius 1 is 1.27 bits per heavy atom. The number of nitrogens with two attached hydrogens (primary N) is 1. The number of hydrogen-bond donors (Lipinski definition) is 5. The van der Waals surface area contributed by atoms with Gasteiger partial charge in [0.1, 0.15) is 6.61 Å². The molecule has 6 N–H and O–H groups in total. The summed E-state index contributed by atoms with van der Waals surface area (Å²) in [6, 6.07) is -0.211. The third kappa shape index (κ3) is 10.5. The third-order valence-corrected chi connectivity index (χ3v) is 7.84. The van der Waals surface area contributed by atoms with Gasteiger partial charge in [0, 0.05) is 36.5 Å². The first-order valence-electron chi connectivity index (χ1n) is 10.6. The molecule has 2 aliphatic rings. The van der Waals surface area contributed by atoms with Crippen LogP contribution in [0, 0.1) is 0 Å². The van der Waals surface area contributed by atoms with Crippen molar-refractivity contribution in [3.8, 4) is 0 Å². The van der Waals surface area contributed by atoms with Crippen LogP contribution in [0.25, 0.3) is 0 Å². The summed E-state index contributed by atoms with van der Waals surface area (Å²) < 4.78 is 40.9. The van der Waals surface area contributed by atoms with Crippen LogP contribution in [0.3, 0.4) is 0 Å². The standard InChI is InChI=1S/C18H33N3O9S2Si/c1-2-20-16-12-21(31-17-11-14(10-15(16)17)32(19,23)24)4-3-5-30-18(22)13-29-7-6-28-8-9-33(25,26)27/h10,16,20,25-27H,2-9,11-13H2,1H3,(H2,19,23,24)/t16-/m0/s1. The molecule has 0 aromatic rings. The summed E-state index contributed by atoms with van der Waals surface area (Å²) in [5, 5.41) is 8.67. The largest absolute Gasteiger partial charge is 0.495 e. The normalized spacial score (nSPS) is 19.5. The molecule has 12 nitrogen and oxygen atoms in total. The van der Waals surface area contributed by atoms with Crippen LogP contribution in [0.15, 0.2) is 21.5 Å². The highest BCUT2D eigenvalue weighted by Crippen LogP contribution is 2.42. The molecule has 0 aromatic carbocycles. The Balaban J connectivity index is 1.62. The van der Waals surface area contributed by atoms with Gasteiger partial charge in [-0.05, 0) is 36.6 Å². The molecule has 15 heteroatoms. The van der Waals surface area contributed by atoms with Crippen LogP contribution in [0.2, 0.25) is 6.04 Å². The van der Waals surface area contributed by atoms with E-state index in [-0.39, 0.29) is 50.0 Å². The van der Waals surface area contributed by atoms with Gasteiger partial charge in [0.25, 0.3) is 0 Å². The number of carbonyl (C=O) groups excluding carboxylic acids is 1. The molecule has 1 aliphatic carbocycles. The maximum atomic E-state index is 11.7. The second-order valence-electron chi connectivity index (χ2n) is 7.56. The Morgan fingerprint density at radius 2 is 2.00 bits per heavy atom. The zero-order valence-electron chi connectivity index (χ0n) is 18.6. The van der Waals surface area contributed by atoms with Gasteiger partial charge in [-0.1, -0.05) is 6.92 Å². The second kappa shape index (κ2) is 13.3. The Bertz CT molecular complexity index is 831. The molecule has 2 rings (SSSR count). The van der Waals surface area contributed by atoms with Gasteiger partial charge < -0.3 is 33.9 Å². The van der Waals surface area contributed by atoms with Crippen molar-refractivity contribution in [2.45, 2.75) is 31.9 Å². The van der Waals surface area contributed by atoms with Crippen molar-refractivity contribution in [3.63, 3.8) is 0 Å². The van der Waals surface area contributed by atoms with E-state index in [0.29, 0.717) is 25.9 Å². The van der Waals surface area contributed by atoms with E-state index in [1.807, 2.05) is 6.92 Å². The third-order valence-electron chi connectivity index (χ3n) is 4.78. The first-order valence-corrected chi connectivity index (χ1v) is 15.0. The van der Waals surface area contributed by atoms with Crippen LogP contribution in [-0.2, 0) is 29.0 Å². The van der Waals surface area contributed by atoms with E-state index >= 15 is 0 Å².